The molecule has 8 heteroatoms. The van der Waals surface area contributed by atoms with Crippen LogP contribution in [0.15, 0.2) is 52.4 Å². The minimum atomic E-state index is -0.564. The SMILES string of the molecule is O=C(N/N=C/c1cc(Cl)cc(Cl)c1O)c1cc(=O)[nH]c2ccccc12. The fraction of sp³-hybridized carbons (Fsp3) is 0. The largest absolute Gasteiger partial charge is 0.506 e. The predicted octanol–water partition coefficient (Wildman–Crippen LogP) is 3.30. The molecule has 0 bridgehead atoms. The lowest BCUT2D eigenvalue weighted by Crippen LogP contribution is -2.20. The third kappa shape index (κ3) is 3.65. The molecule has 0 spiro atoms. The van der Waals surface area contributed by atoms with Crippen molar-refractivity contribution in [3.05, 3.63) is 74.0 Å². The number of aromatic amines is 1. The van der Waals surface area contributed by atoms with Crippen molar-refractivity contribution in [1.82, 2.24) is 10.4 Å². The minimum Gasteiger partial charge on any atom is -0.506 e. The van der Waals surface area contributed by atoms with Crippen molar-refractivity contribution in [3.63, 3.8) is 0 Å². The number of nitrogens with one attached hydrogen (secondary N) is 2. The van der Waals surface area contributed by atoms with Crippen molar-refractivity contribution in [1.29, 1.82) is 0 Å². The summed E-state index contributed by atoms with van der Waals surface area (Å²) >= 11 is 11.7. The molecule has 3 rings (SSSR count). The number of amides is 1. The summed E-state index contributed by atoms with van der Waals surface area (Å²) in [4.78, 5) is 26.7. The number of aromatic hydroxyl groups is 1. The number of rotatable bonds is 3. The summed E-state index contributed by atoms with van der Waals surface area (Å²) < 4.78 is 0. The van der Waals surface area contributed by atoms with E-state index in [0.29, 0.717) is 15.9 Å². The molecule has 0 atom stereocenters. The van der Waals surface area contributed by atoms with Gasteiger partial charge in [0.2, 0.25) is 5.56 Å². The molecular formula is C17H11Cl2N3O3. The second-order valence-electron chi connectivity index (χ2n) is 5.12. The molecular weight excluding hydrogens is 365 g/mol. The zero-order chi connectivity index (χ0) is 18.0. The fourth-order valence-electron chi connectivity index (χ4n) is 2.30. The first kappa shape index (κ1) is 17.0. The second-order valence-corrected chi connectivity index (χ2v) is 5.96. The molecule has 126 valence electrons. The van der Waals surface area contributed by atoms with Crippen molar-refractivity contribution >= 4 is 46.2 Å². The highest BCUT2D eigenvalue weighted by molar-refractivity contribution is 6.36. The van der Waals surface area contributed by atoms with Crippen LogP contribution in [0.4, 0.5) is 0 Å². The lowest BCUT2D eigenvalue weighted by Gasteiger charge is -2.05. The van der Waals surface area contributed by atoms with Gasteiger partial charge in [-0.15, -0.1) is 0 Å². The summed E-state index contributed by atoms with van der Waals surface area (Å²) in [5.41, 5.74) is 2.89. The van der Waals surface area contributed by atoms with Gasteiger partial charge < -0.3 is 10.1 Å². The Balaban J connectivity index is 1.88. The maximum Gasteiger partial charge on any atom is 0.272 e. The van der Waals surface area contributed by atoms with E-state index in [2.05, 4.69) is 15.5 Å². The van der Waals surface area contributed by atoms with Crippen molar-refractivity contribution in [2.75, 3.05) is 0 Å². The Bertz CT molecular complexity index is 1060. The summed E-state index contributed by atoms with van der Waals surface area (Å²) in [6, 6.07) is 10.9. The number of benzene rings is 2. The van der Waals surface area contributed by atoms with Gasteiger partial charge in [-0.3, -0.25) is 9.59 Å². The predicted molar refractivity (Wildman–Crippen MR) is 97.8 cm³/mol. The maximum absolute atomic E-state index is 12.3. The van der Waals surface area contributed by atoms with Crippen LogP contribution in [0.3, 0.4) is 0 Å². The van der Waals surface area contributed by atoms with Crippen LogP contribution in [-0.2, 0) is 0 Å². The summed E-state index contributed by atoms with van der Waals surface area (Å²) in [5.74, 6) is -0.767. The van der Waals surface area contributed by atoms with Gasteiger partial charge in [-0.25, -0.2) is 5.43 Å². The molecule has 3 aromatic rings. The van der Waals surface area contributed by atoms with E-state index >= 15 is 0 Å². The molecule has 2 aromatic carbocycles. The van der Waals surface area contributed by atoms with Gasteiger partial charge in [-0.2, -0.15) is 5.10 Å². The third-order valence-corrected chi connectivity index (χ3v) is 3.93. The monoisotopic (exact) mass is 375 g/mol. The smallest absolute Gasteiger partial charge is 0.272 e. The number of para-hydroxylation sites is 1. The Morgan fingerprint density at radius 2 is 1.96 bits per heavy atom. The Morgan fingerprint density at radius 3 is 2.76 bits per heavy atom. The molecule has 1 heterocycles. The third-order valence-electron chi connectivity index (χ3n) is 3.42. The van der Waals surface area contributed by atoms with Crippen molar-refractivity contribution < 1.29 is 9.90 Å². The quantitative estimate of drug-likeness (QED) is 0.484. The normalized spacial score (nSPS) is 11.1. The Kier molecular flexibility index (Phi) is 4.74. The second kappa shape index (κ2) is 6.96. The number of carbonyl (C=O) groups excluding carboxylic acids is 1. The van der Waals surface area contributed by atoms with Crippen LogP contribution in [0.25, 0.3) is 10.9 Å². The van der Waals surface area contributed by atoms with Crippen LogP contribution in [0.1, 0.15) is 15.9 Å². The molecule has 0 unspecified atom stereocenters. The van der Waals surface area contributed by atoms with Crippen LogP contribution >= 0.6 is 23.2 Å². The standard InChI is InChI=1S/C17H11Cl2N3O3/c18-10-5-9(16(24)13(19)6-10)8-20-22-17(25)12-7-15(23)21-14-4-2-1-3-11(12)14/h1-8,24H,(H,21,23)(H,22,25)/b20-8+. The number of H-pyrrole nitrogens is 1. The van der Waals surface area contributed by atoms with Crippen molar-refractivity contribution in [2.45, 2.75) is 0 Å². The van der Waals surface area contributed by atoms with Gasteiger partial charge in [0.25, 0.3) is 5.91 Å². The zero-order valence-corrected chi connectivity index (χ0v) is 14.1. The molecule has 1 aromatic heterocycles. The first-order valence-corrected chi connectivity index (χ1v) is 7.85. The number of hydrogen-bond donors (Lipinski definition) is 3. The van der Waals surface area contributed by atoms with E-state index in [4.69, 9.17) is 23.2 Å². The van der Waals surface area contributed by atoms with Crippen LogP contribution in [-0.4, -0.2) is 22.2 Å². The molecule has 0 saturated carbocycles. The van der Waals surface area contributed by atoms with Gasteiger partial charge in [-0.05, 0) is 18.2 Å². The zero-order valence-electron chi connectivity index (χ0n) is 12.6. The number of phenolic OH excluding ortho intramolecular Hbond substituents is 1. The number of phenols is 1. The average molecular weight is 376 g/mol. The van der Waals surface area contributed by atoms with E-state index < -0.39 is 11.5 Å². The van der Waals surface area contributed by atoms with Gasteiger partial charge in [0.05, 0.1) is 16.8 Å². The van der Waals surface area contributed by atoms with E-state index in [9.17, 15) is 14.7 Å². The number of pyridine rings is 1. The number of hydrogen-bond acceptors (Lipinski definition) is 4. The van der Waals surface area contributed by atoms with Gasteiger partial charge >= 0.3 is 0 Å². The first-order chi connectivity index (χ1) is 12.0. The van der Waals surface area contributed by atoms with Crippen molar-refractivity contribution in [3.8, 4) is 5.75 Å². The summed E-state index contributed by atoms with van der Waals surface area (Å²) in [5, 5.41) is 14.6. The van der Waals surface area contributed by atoms with E-state index in [0.717, 1.165) is 0 Å². The highest BCUT2D eigenvalue weighted by Crippen LogP contribution is 2.29. The number of halogens is 2. The van der Waals surface area contributed by atoms with Crippen molar-refractivity contribution in [2.24, 2.45) is 5.10 Å². The average Bonchev–Trinajstić information content (AvgIpc) is 2.58. The highest BCUT2D eigenvalue weighted by Gasteiger charge is 2.11. The molecule has 0 fully saturated rings. The van der Waals surface area contributed by atoms with Gasteiger partial charge in [-0.1, -0.05) is 41.4 Å². The number of aromatic nitrogens is 1. The number of nitrogens with zero attached hydrogens (tertiary/aromatic N) is 1. The molecule has 0 radical (unpaired) electrons. The molecule has 0 aliphatic rings. The summed E-state index contributed by atoms with van der Waals surface area (Å²) in [7, 11) is 0. The number of fused-ring (bicyclic) bond motifs is 1. The van der Waals surface area contributed by atoms with Gasteiger partial charge in [0.1, 0.15) is 5.75 Å². The van der Waals surface area contributed by atoms with Crippen LogP contribution in [0.5, 0.6) is 5.75 Å². The topological polar surface area (TPSA) is 94.5 Å². The molecule has 0 aliphatic carbocycles. The summed E-state index contributed by atoms with van der Waals surface area (Å²) in [6.07, 6.45) is 1.21. The van der Waals surface area contributed by atoms with E-state index in [1.807, 2.05) is 0 Å². The molecule has 0 aliphatic heterocycles. The molecule has 1 amide bonds. The lowest BCUT2D eigenvalue weighted by atomic mass is 10.1. The number of hydrazone groups is 1. The van der Waals surface area contributed by atoms with Gasteiger partial charge in [0.15, 0.2) is 0 Å². The molecule has 0 saturated heterocycles. The first-order valence-electron chi connectivity index (χ1n) is 7.09. The number of carbonyl (C=O) groups is 1. The van der Waals surface area contributed by atoms with Crippen LogP contribution < -0.4 is 11.0 Å². The van der Waals surface area contributed by atoms with E-state index in [1.165, 1.54) is 24.4 Å². The Morgan fingerprint density at radius 1 is 1.20 bits per heavy atom. The van der Waals surface area contributed by atoms with Crippen LogP contribution in [0.2, 0.25) is 10.0 Å². The Labute approximate surface area is 151 Å². The highest BCUT2D eigenvalue weighted by atomic mass is 35.5. The van der Waals surface area contributed by atoms with Crippen LogP contribution in [0, 0.1) is 0 Å². The molecule has 6 nitrogen and oxygen atoms in total. The minimum absolute atomic E-state index is 0.0702. The summed E-state index contributed by atoms with van der Waals surface area (Å²) in [6.45, 7) is 0. The maximum atomic E-state index is 12.3. The van der Waals surface area contributed by atoms with E-state index in [-0.39, 0.29) is 21.9 Å². The van der Waals surface area contributed by atoms with Gasteiger partial charge in [0, 0.05) is 27.6 Å². The van der Waals surface area contributed by atoms with E-state index in [1.54, 1.807) is 24.3 Å². The lowest BCUT2D eigenvalue weighted by molar-refractivity contribution is 0.0956. The molecule has 25 heavy (non-hydrogen) atoms. The fourth-order valence-corrected chi connectivity index (χ4v) is 2.81. The molecule has 3 N–H and O–H groups in total. The Hall–Kier alpha value is -2.83.